The summed E-state index contributed by atoms with van der Waals surface area (Å²) in [5.41, 5.74) is 8.84. The minimum atomic E-state index is -0.590. The molecule has 1 heterocycles. The van der Waals surface area contributed by atoms with E-state index in [4.69, 9.17) is 24.9 Å². The quantitative estimate of drug-likeness (QED) is 0.300. The van der Waals surface area contributed by atoms with Crippen LogP contribution >= 0.6 is 0 Å². The predicted octanol–water partition coefficient (Wildman–Crippen LogP) is 4.65. The Balaban J connectivity index is 1.87. The third-order valence-electron chi connectivity index (χ3n) is 6.15. The van der Waals surface area contributed by atoms with Gasteiger partial charge >= 0.3 is 0 Å². The molecule has 0 aliphatic heterocycles. The van der Waals surface area contributed by atoms with Crippen molar-refractivity contribution in [2.75, 3.05) is 20.3 Å². The molecule has 0 aliphatic rings. The van der Waals surface area contributed by atoms with E-state index in [0.29, 0.717) is 40.4 Å². The van der Waals surface area contributed by atoms with Gasteiger partial charge in [-0.05, 0) is 78.9 Å². The molecule has 3 aromatic carbocycles. The zero-order valence-corrected chi connectivity index (χ0v) is 22.7. The molecule has 0 saturated carbocycles. The molecule has 4 aromatic rings. The van der Waals surface area contributed by atoms with Gasteiger partial charge in [0.2, 0.25) is 0 Å². The van der Waals surface area contributed by atoms with Gasteiger partial charge in [0, 0.05) is 5.56 Å². The maximum absolute atomic E-state index is 13.7. The first-order valence-electron chi connectivity index (χ1n) is 12.7. The number of nitrogens with zero attached hydrogens (tertiary/aromatic N) is 3. The Morgan fingerprint density at radius 1 is 1.08 bits per heavy atom. The first-order chi connectivity index (χ1) is 18.7. The molecule has 0 spiro atoms. The molecule has 9 heteroatoms. The van der Waals surface area contributed by atoms with Gasteiger partial charge in [0.05, 0.1) is 30.8 Å². The molecule has 0 saturated heterocycles. The van der Waals surface area contributed by atoms with Gasteiger partial charge in [0.15, 0.2) is 23.9 Å². The third-order valence-corrected chi connectivity index (χ3v) is 6.15. The normalized spacial score (nSPS) is 11.3. The van der Waals surface area contributed by atoms with E-state index in [2.05, 4.69) is 18.9 Å². The molecule has 0 atom stereocenters. The van der Waals surface area contributed by atoms with Gasteiger partial charge in [-0.25, -0.2) is 4.98 Å². The summed E-state index contributed by atoms with van der Waals surface area (Å²) in [6.07, 6.45) is 1.56. The summed E-state index contributed by atoms with van der Waals surface area (Å²) in [4.78, 5) is 29.7. The monoisotopic (exact) mass is 528 g/mol. The first kappa shape index (κ1) is 27.4. The fourth-order valence-electron chi connectivity index (χ4n) is 4.24. The van der Waals surface area contributed by atoms with Crippen LogP contribution in [-0.2, 0) is 4.79 Å². The second kappa shape index (κ2) is 11.8. The lowest BCUT2D eigenvalue weighted by Crippen LogP contribution is -2.21. The molecule has 9 nitrogen and oxygen atoms in total. The summed E-state index contributed by atoms with van der Waals surface area (Å²) in [6, 6.07) is 16.3. The van der Waals surface area contributed by atoms with Crippen LogP contribution in [0.25, 0.3) is 22.3 Å². The topological polar surface area (TPSA) is 118 Å². The largest absolute Gasteiger partial charge is 0.496 e. The Morgan fingerprint density at radius 3 is 2.54 bits per heavy atom. The highest BCUT2D eigenvalue weighted by atomic mass is 16.5. The average Bonchev–Trinajstić information content (AvgIpc) is 2.91. The van der Waals surface area contributed by atoms with E-state index >= 15 is 0 Å². The van der Waals surface area contributed by atoms with Gasteiger partial charge in [0.1, 0.15) is 5.75 Å². The number of aromatic nitrogens is 2. The number of nitrogens with two attached hydrogens (primary N) is 1. The smallest absolute Gasteiger partial charge is 0.282 e. The van der Waals surface area contributed by atoms with E-state index in [9.17, 15) is 9.59 Å². The second-order valence-electron chi connectivity index (χ2n) is 9.27. The van der Waals surface area contributed by atoms with Gasteiger partial charge in [0.25, 0.3) is 11.5 Å². The highest BCUT2D eigenvalue weighted by molar-refractivity contribution is 5.83. The Kier molecular flexibility index (Phi) is 8.29. The Labute approximate surface area is 226 Å². The standard InChI is InChI=1S/C30H32N4O5/c1-6-38-27-14-20(11-12-25(27)39-17-28(31)35)16-32-34-29(33-24-10-8-7-9-21(24)30(34)36)23-15-22(18(2)3)26(37-5)13-19(23)4/h7-16,18H,6,17H2,1-5H3,(H2,31,35). The highest BCUT2D eigenvalue weighted by Crippen LogP contribution is 2.34. The van der Waals surface area contributed by atoms with Crippen LogP contribution in [0.4, 0.5) is 0 Å². The number of hydrogen-bond acceptors (Lipinski definition) is 7. The van der Waals surface area contributed by atoms with E-state index < -0.39 is 5.91 Å². The van der Waals surface area contributed by atoms with E-state index in [-0.39, 0.29) is 18.1 Å². The van der Waals surface area contributed by atoms with Crippen molar-refractivity contribution in [2.24, 2.45) is 10.8 Å². The van der Waals surface area contributed by atoms with Crippen molar-refractivity contribution in [1.29, 1.82) is 0 Å². The molecule has 1 aromatic heterocycles. The molecule has 202 valence electrons. The van der Waals surface area contributed by atoms with Crippen LogP contribution in [-0.4, -0.2) is 42.1 Å². The summed E-state index contributed by atoms with van der Waals surface area (Å²) in [6.45, 7) is 8.09. The van der Waals surface area contributed by atoms with E-state index in [0.717, 1.165) is 22.4 Å². The predicted molar refractivity (Wildman–Crippen MR) is 152 cm³/mol. The number of hydrogen-bond donors (Lipinski definition) is 1. The van der Waals surface area contributed by atoms with Gasteiger partial charge in [-0.2, -0.15) is 9.78 Å². The van der Waals surface area contributed by atoms with Crippen molar-refractivity contribution >= 4 is 23.0 Å². The van der Waals surface area contributed by atoms with Crippen molar-refractivity contribution in [3.8, 4) is 28.6 Å². The zero-order valence-electron chi connectivity index (χ0n) is 22.7. The van der Waals surface area contributed by atoms with Gasteiger partial charge < -0.3 is 19.9 Å². The lowest BCUT2D eigenvalue weighted by molar-refractivity contribution is -0.119. The van der Waals surface area contributed by atoms with E-state index in [1.54, 1.807) is 43.7 Å². The van der Waals surface area contributed by atoms with Crippen molar-refractivity contribution in [3.63, 3.8) is 0 Å². The van der Waals surface area contributed by atoms with Crippen LogP contribution < -0.4 is 25.5 Å². The van der Waals surface area contributed by atoms with Crippen LogP contribution in [0.5, 0.6) is 17.2 Å². The number of benzene rings is 3. The fourth-order valence-corrected chi connectivity index (χ4v) is 4.24. The highest BCUT2D eigenvalue weighted by Gasteiger charge is 2.18. The molecule has 0 fully saturated rings. The first-order valence-corrected chi connectivity index (χ1v) is 12.7. The van der Waals surface area contributed by atoms with Crippen LogP contribution in [0.15, 0.2) is 64.5 Å². The summed E-state index contributed by atoms with van der Waals surface area (Å²) in [5, 5.41) is 5.04. The fraction of sp³-hybridized carbons (Fsp3) is 0.267. The third kappa shape index (κ3) is 5.93. The zero-order chi connectivity index (χ0) is 28.1. The average molecular weight is 529 g/mol. The number of carbonyl (C=O) groups is 1. The second-order valence-corrected chi connectivity index (χ2v) is 9.27. The van der Waals surface area contributed by atoms with Crippen molar-refractivity contribution in [2.45, 2.75) is 33.6 Å². The number of rotatable bonds is 10. The molecule has 2 N–H and O–H groups in total. The SMILES string of the molecule is CCOc1cc(C=Nn2c(-c3cc(C(C)C)c(OC)cc3C)nc3ccccc3c2=O)ccc1OCC(N)=O. The number of primary amides is 1. The van der Waals surface area contributed by atoms with Crippen LogP contribution in [0.3, 0.4) is 0 Å². The molecule has 0 unspecified atom stereocenters. The number of amides is 1. The number of aryl methyl sites for hydroxylation is 1. The Bertz CT molecular complexity index is 1610. The van der Waals surface area contributed by atoms with Gasteiger partial charge in [-0.3, -0.25) is 9.59 Å². The molecular formula is C30H32N4O5. The molecule has 39 heavy (non-hydrogen) atoms. The molecule has 0 bridgehead atoms. The lowest BCUT2D eigenvalue weighted by atomic mass is 9.96. The number of fused-ring (bicyclic) bond motifs is 1. The number of methoxy groups -OCH3 is 1. The van der Waals surface area contributed by atoms with E-state index in [1.165, 1.54) is 4.68 Å². The molecular weight excluding hydrogens is 496 g/mol. The molecule has 1 amide bonds. The summed E-state index contributed by atoms with van der Waals surface area (Å²) in [5.74, 6) is 1.62. The molecule has 4 rings (SSSR count). The maximum atomic E-state index is 13.7. The Hall–Kier alpha value is -4.66. The summed E-state index contributed by atoms with van der Waals surface area (Å²) < 4.78 is 18.1. The van der Waals surface area contributed by atoms with Crippen molar-refractivity contribution in [3.05, 3.63) is 81.6 Å². The van der Waals surface area contributed by atoms with Crippen LogP contribution in [0.2, 0.25) is 0 Å². The van der Waals surface area contributed by atoms with Crippen molar-refractivity contribution in [1.82, 2.24) is 9.66 Å². The molecule has 0 aliphatic carbocycles. The van der Waals surface area contributed by atoms with Crippen molar-refractivity contribution < 1.29 is 19.0 Å². The van der Waals surface area contributed by atoms with Crippen LogP contribution in [0, 0.1) is 6.92 Å². The summed E-state index contributed by atoms with van der Waals surface area (Å²) in [7, 11) is 1.65. The minimum absolute atomic E-state index is 0.190. The summed E-state index contributed by atoms with van der Waals surface area (Å²) >= 11 is 0. The number of carbonyl (C=O) groups excluding carboxylic acids is 1. The lowest BCUT2D eigenvalue weighted by Gasteiger charge is -2.17. The molecule has 0 radical (unpaired) electrons. The number of ether oxygens (including phenoxy) is 3. The maximum Gasteiger partial charge on any atom is 0.282 e. The van der Waals surface area contributed by atoms with Gasteiger partial charge in [-0.15, -0.1) is 0 Å². The number of para-hydroxylation sites is 1. The van der Waals surface area contributed by atoms with E-state index in [1.807, 2.05) is 38.1 Å². The van der Waals surface area contributed by atoms with Gasteiger partial charge in [-0.1, -0.05) is 26.0 Å². The van der Waals surface area contributed by atoms with Crippen LogP contribution in [0.1, 0.15) is 43.4 Å². The minimum Gasteiger partial charge on any atom is -0.496 e. The Morgan fingerprint density at radius 2 is 1.85 bits per heavy atom.